The molecule has 0 spiro atoms. The second-order valence-corrected chi connectivity index (χ2v) is 4.88. The highest BCUT2D eigenvalue weighted by Gasteiger charge is 2.22. The molecule has 1 fully saturated rings. The molecule has 2 atom stereocenters. The Kier molecular flexibility index (Phi) is 4.00. The third-order valence-corrected chi connectivity index (χ3v) is 3.68. The van der Waals surface area contributed by atoms with Crippen LogP contribution in [0.15, 0.2) is 18.2 Å². The molecule has 1 aromatic carbocycles. The third-order valence-electron chi connectivity index (χ3n) is 3.68. The van der Waals surface area contributed by atoms with Gasteiger partial charge in [0.15, 0.2) is 11.6 Å². The smallest absolute Gasteiger partial charge is 0.165 e. The van der Waals surface area contributed by atoms with Gasteiger partial charge in [-0.2, -0.15) is 0 Å². The van der Waals surface area contributed by atoms with Crippen LogP contribution in [0.4, 0.5) is 4.39 Å². The fourth-order valence-electron chi connectivity index (χ4n) is 2.63. The van der Waals surface area contributed by atoms with Crippen molar-refractivity contribution in [2.24, 2.45) is 11.7 Å². The molecular weight excluding hydrogens is 217 g/mol. The Labute approximate surface area is 102 Å². The van der Waals surface area contributed by atoms with E-state index in [9.17, 15) is 4.39 Å². The van der Waals surface area contributed by atoms with Gasteiger partial charge in [-0.25, -0.2) is 4.39 Å². The molecule has 0 aliphatic heterocycles. The summed E-state index contributed by atoms with van der Waals surface area (Å²) in [5.41, 5.74) is 7.12. The zero-order valence-electron chi connectivity index (χ0n) is 10.3. The van der Waals surface area contributed by atoms with Gasteiger partial charge in [-0.1, -0.05) is 18.9 Å². The zero-order chi connectivity index (χ0) is 12.3. The highest BCUT2D eigenvalue weighted by molar-refractivity contribution is 5.29. The van der Waals surface area contributed by atoms with Crippen molar-refractivity contribution in [1.29, 1.82) is 0 Å². The van der Waals surface area contributed by atoms with E-state index >= 15 is 0 Å². The highest BCUT2D eigenvalue weighted by atomic mass is 19.1. The van der Waals surface area contributed by atoms with Crippen LogP contribution in [-0.4, -0.2) is 13.2 Å². The van der Waals surface area contributed by atoms with Crippen molar-refractivity contribution in [3.05, 3.63) is 29.6 Å². The minimum absolute atomic E-state index is 0.272. The fourth-order valence-corrected chi connectivity index (χ4v) is 2.63. The molecular formula is C14H20FNO. The molecule has 3 heteroatoms. The SMILES string of the molecule is COc1ccc(CC2CCCCC2N)cc1F. The Morgan fingerprint density at radius 2 is 2.12 bits per heavy atom. The van der Waals surface area contributed by atoms with E-state index in [2.05, 4.69) is 0 Å². The largest absolute Gasteiger partial charge is 0.494 e. The van der Waals surface area contributed by atoms with Gasteiger partial charge >= 0.3 is 0 Å². The quantitative estimate of drug-likeness (QED) is 0.877. The lowest BCUT2D eigenvalue weighted by Crippen LogP contribution is -2.34. The van der Waals surface area contributed by atoms with E-state index in [1.165, 1.54) is 20.0 Å². The van der Waals surface area contributed by atoms with E-state index in [4.69, 9.17) is 10.5 Å². The van der Waals surface area contributed by atoms with Gasteiger partial charge in [0.2, 0.25) is 0 Å². The molecule has 0 bridgehead atoms. The maximum absolute atomic E-state index is 13.5. The number of methoxy groups -OCH3 is 1. The molecule has 0 aromatic heterocycles. The number of nitrogens with two attached hydrogens (primary N) is 1. The molecule has 1 aromatic rings. The summed E-state index contributed by atoms with van der Waals surface area (Å²) in [5, 5.41) is 0. The second-order valence-electron chi connectivity index (χ2n) is 4.88. The first kappa shape index (κ1) is 12.4. The lowest BCUT2D eigenvalue weighted by molar-refractivity contribution is 0.306. The summed E-state index contributed by atoms with van der Waals surface area (Å²) in [6.07, 6.45) is 5.62. The summed E-state index contributed by atoms with van der Waals surface area (Å²) < 4.78 is 18.5. The average Bonchev–Trinajstić information content (AvgIpc) is 2.32. The molecule has 0 radical (unpaired) electrons. The Bertz CT molecular complexity index is 380. The van der Waals surface area contributed by atoms with Gasteiger partial charge in [0.05, 0.1) is 7.11 Å². The molecule has 94 valence electrons. The van der Waals surface area contributed by atoms with Crippen LogP contribution in [0.2, 0.25) is 0 Å². The van der Waals surface area contributed by atoms with E-state index in [1.807, 2.05) is 6.07 Å². The summed E-state index contributed by atoms with van der Waals surface area (Å²) >= 11 is 0. The van der Waals surface area contributed by atoms with Crippen molar-refractivity contribution < 1.29 is 9.13 Å². The molecule has 17 heavy (non-hydrogen) atoms. The third kappa shape index (κ3) is 2.97. The van der Waals surface area contributed by atoms with Gasteiger partial charge in [0, 0.05) is 6.04 Å². The van der Waals surface area contributed by atoms with Crippen LogP contribution in [0.5, 0.6) is 5.75 Å². The Hall–Kier alpha value is -1.09. The maximum atomic E-state index is 13.5. The molecule has 2 nitrogen and oxygen atoms in total. The van der Waals surface area contributed by atoms with Gasteiger partial charge in [0.25, 0.3) is 0 Å². The topological polar surface area (TPSA) is 35.2 Å². The van der Waals surface area contributed by atoms with Gasteiger partial charge in [-0.3, -0.25) is 0 Å². The Morgan fingerprint density at radius 3 is 2.76 bits per heavy atom. The van der Waals surface area contributed by atoms with E-state index in [-0.39, 0.29) is 11.9 Å². The van der Waals surface area contributed by atoms with E-state index < -0.39 is 0 Å². The molecule has 2 N–H and O–H groups in total. The van der Waals surface area contributed by atoms with Gasteiger partial charge in [-0.15, -0.1) is 0 Å². The van der Waals surface area contributed by atoms with Gasteiger partial charge in [0.1, 0.15) is 0 Å². The summed E-state index contributed by atoms with van der Waals surface area (Å²) in [4.78, 5) is 0. The van der Waals surface area contributed by atoms with Crippen molar-refractivity contribution in [3.8, 4) is 5.75 Å². The number of ether oxygens (including phenoxy) is 1. The Balaban J connectivity index is 2.05. The van der Waals surface area contributed by atoms with Crippen LogP contribution in [0, 0.1) is 11.7 Å². The molecule has 0 saturated heterocycles. The van der Waals surface area contributed by atoms with Crippen molar-refractivity contribution in [2.45, 2.75) is 38.1 Å². The van der Waals surface area contributed by atoms with Crippen LogP contribution in [0.3, 0.4) is 0 Å². The first-order valence-corrected chi connectivity index (χ1v) is 6.28. The standard InChI is InChI=1S/C14H20FNO/c1-17-14-7-6-10(9-12(14)15)8-11-4-2-3-5-13(11)16/h6-7,9,11,13H,2-5,8,16H2,1H3. The van der Waals surface area contributed by atoms with Crippen molar-refractivity contribution in [1.82, 2.24) is 0 Å². The molecule has 0 heterocycles. The van der Waals surface area contributed by atoms with E-state index in [1.54, 1.807) is 12.1 Å². The minimum Gasteiger partial charge on any atom is -0.494 e. The maximum Gasteiger partial charge on any atom is 0.165 e. The van der Waals surface area contributed by atoms with Crippen LogP contribution < -0.4 is 10.5 Å². The number of rotatable bonds is 3. The Morgan fingerprint density at radius 1 is 1.35 bits per heavy atom. The lowest BCUT2D eigenvalue weighted by atomic mass is 9.81. The molecule has 1 aliphatic carbocycles. The van der Waals surface area contributed by atoms with Gasteiger partial charge < -0.3 is 10.5 Å². The lowest BCUT2D eigenvalue weighted by Gasteiger charge is -2.28. The fraction of sp³-hybridized carbons (Fsp3) is 0.571. The molecule has 1 aliphatic rings. The minimum atomic E-state index is -0.283. The predicted molar refractivity (Wildman–Crippen MR) is 66.6 cm³/mol. The van der Waals surface area contributed by atoms with Crippen LogP contribution in [-0.2, 0) is 6.42 Å². The number of hydrogen-bond donors (Lipinski definition) is 1. The molecule has 0 amide bonds. The highest BCUT2D eigenvalue weighted by Crippen LogP contribution is 2.27. The first-order valence-electron chi connectivity index (χ1n) is 6.28. The molecule has 1 saturated carbocycles. The summed E-state index contributed by atoms with van der Waals surface area (Å²) in [6, 6.07) is 5.47. The number of halogens is 1. The van der Waals surface area contributed by atoms with Crippen molar-refractivity contribution >= 4 is 0 Å². The van der Waals surface area contributed by atoms with Crippen molar-refractivity contribution in [2.75, 3.05) is 7.11 Å². The molecule has 2 unspecified atom stereocenters. The number of benzene rings is 1. The number of hydrogen-bond acceptors (Lipinski definition) is 2. The van der Waals surface area contributed by atoms with Crippen LogP contribution in [0.1, 0.15) is 31.2 Å². The zero-order valence-corrected chi connectivity index (χ0v) is 10.3. The summed E-state index contributed by atoms with van der Waals surface area (Å²) in [5.74, 6) is 0.521. The first-order chi connectivity index (χ1) is 8.20. The monoisotopic (exact) mass is 237 g/mol. The molecule has 2 rings (SSSR count). The predicted octanol–water partition coefficient (Wildman–Crippen LogP) is 2.89. The average molecular weight is 237 g/mol. The van der Waals surface area contributed by atoms with Crippen LogP contribution >= 0.6 is 0 Å². The van der Waals surface area contributed by atoms with Crippen LogP contribution in [0.25, 0.3) is 0 Å². The summed E-state index contributed by atoms with van der Waals surface area (Å²) in [6.45, 7) is 0. The summed E-state index contributed by atoms with van der Waals surface area (Å²) in [7, 11) is 1.48. The van der Waals surface area contributed by atoms with Crippen molar-refractivity contribution in [3.63, 3.8) is 0 Å². The van der Waals surface area contributed by atoms with Gasteiger partial charge in [-0.05, 0) is 42.9 Å². The van der Waals surface area contributed by atoms with E-state index in [0.717, 1.165) is 24.8 Å². The second kappa shape index (κ2) is 5.50. The van der Waals surface area contributed by atoms with E-state index in [0.29, 0.717) is 11.7 Å². The normalized spacial score (nSPS) is 24.6.